The summed E-state index contributed by atoms with van der Waals surface area (Å²) in [5.74, 6) is 0.223. The zero-order chi connectivity index (χ0) is 13.7. The highest BCUT2D eigenvalue weighted by Gasteiger charge is 2.19. The van der Waals surface area contributed by atoms with Crippen molar-refractivity contribution in [3.63, 3.8) is 0 Å². The largest absolute Gasteiger partial charge is 0.484 e. The fraction of sp³-hybridized carbons (Fsp3) is 0.500. The van der Waals surface area contributed by atoms with Crippen LogP contribution in [0.25, 0.3) is 0 Å². The fourth-order valence-electron chi connectivity index (χ4n) is 1.73. The van der Waals surface area contributed by atoms with Gasteiger partial charge in [0, 0.05) is 12.6 Å². The van der Waals surface area contributed by atoms with Gasteiger partial charge in [0.25, 0.3) is 0 Å². The molecule has 0 aromatic heterocycles. The number of aliphatic hydroxyl groups is 1. The Morgan fingerprint density at radius 3 is 2.72 bits per heavy atom. The van der Waals surface area contributed by atoms with Crippen molar-refractivity contribution in [2.45, 2.75) is 20.0 Å². The summed E-state index contributed by atoms with van der Waals surface area (Å²) in [4.78, 5) is 10.5. The molecule has 6 heteroatoms. The molecule has 0 saturated carbocycles. The second-order valence-electron chi connectivity index (χ2n) is 4.21. The Bertz CT molecular complexity index is 434. The maximum atomic E-state index is 10.9. The molecule has 0 aliphatic heterocycles. The third kappa shape index (κ3) is 3.68. The number of rotatable bonds is 6. The summed E-state index contributed by atoms with van der Waals surface area (Å²) in [5, 5.41) is 23.3. The Labute approximate surface area is 106 Å². The smallest absolute Gasteiger partial charge is 0.311 e. The molecule has 0 bridgehead atoms. The average molecular weight is 254 g/mol. The maximum absolute atomic E-state index is 10.9. The minimum absolute atomic E-state index is 0.0194. The average Bonchev–Trinajstić information content (AvgIpc) is 2.27. The van der Waals surface area contributed by atoms with Crippen molar-refractivity contribution in [3.8, 4) is 5.75 Å². The number of ether oxygens (including phenoxy) is 1. The van der Waals surface area contributed by atoms with Crippen LogP contribution >= 0.6 is 0 Å². The van der Waals surface area contributed by atoms with Crippen LogP contribution in [0.15, 0.2) is 12.1 Å². The van der Waals surface area contributed by atoms with Gasteiger partial charge in [0.1, 0.15) is 12.7 Å². The molecule has 0 aliphatic carbocycles. The van der Waals surface area contributed by atoms with Gasteiger partial charge in [-0.15, -0.1) is 0 Å². The van der Waals surface area contributed by atoms with Crippen LogP contribution in [0.4, 0.5) is 5.69 Å². The summed E-state index contributed by atoms with van der Waals surface area (Å²) in [5.41, 5.74) is 1.44. The quantitative estimate of drug-likeness (QED) is 0.588. The molecule has 0 amide bonds. The summed E-state index contributed by atoms with van der Waals surface area (Å²) >= 11 is 0. The number of nitro groups is 1. The molecule has 0 radical (unpaired) electrons. The van der Waals surface area contributed by atoms with Gasteiger partial charge in [-0.25, -0.2) is 0 Å². The normalized spacial score (nSPS) is 12.2. The summed E-state index contributed by atoms with van der Waals surface area (Å²) in [6.07, 6.45) is -0.699. The Morgan fingerprint density at radius 1 is 1.50 bits per heavy atom. The minimum atomic E-state index is -0.699. The molecule has 2 N–H and O–H groups in total. The third-order valence-corrected chi connectivity index (χ3v) is 2.46. The zero-order valence-corrected chi connectivity index (χ0v) is 10.8. The first kappa shape index (κ1) is 14.4. The van der Waals surface area contributed by atoms with E-state index in [1.54, 1.807) is 20.9 Å². The summed E-state index contributed by atoms with van der Waals surface area (Å²) < 4.78 is 5.37. The van der Waals surface area contributed by atoms with Gasteiger partial charge in [-0.1, -0.05) is 6.07 Å². The van der Waals surface area contributed by atoms with Crippen LogP contribution in [0.5, 0.6) is 5.75 Å². The van der Waals surface area contributed by atoms with Crippen LogP contribution in [0.3, 0.4) is 0 Å². The van der Waals surface area contributed by atoms with Crippen molar-refractivity contribution in [2.24, 2.45) is 0 Å². The molecule has 18 heavy (non-hydrogen) atoms. The predicted octanol–water partition coefficient (Wildman–Crippen LogP) is 1.17. The van der Waals surface area contributed by atoms with Crippen LogP contribution in [-0.4, -0.2) is 36.3 Å². The highest BCUT2D eigenvalue weighted by molar-refractivity contribution is 5.53. The number of hydrogen-bond acceptors (Lipinski definition) is 5. The van der Waals surface area contributed by atoms with Crippen LogP contribution in [0.1, 0.15) is 11.1 Å². The molecular weight excluding hydrogens is 236 g/mol. The van der Waals surface area contributed by atoms with Gasteiger partial charge in [-0.3, -0.25) is 10.1 Å². The van der Waals surface area contributed by atoms with Gasteiger partial charge in [0.2, 0.25) is 0 Å². The maximum Gasteiger partial charge on any atom is 0.311 e. The van der Waals surface area contributed by atoms with Gasteiger partial charge in [0.05, 0.1) is 4.92 Å². The van der Waals surface area contributed by atoms with Crippen molar-refractivity contribution in [1.82, 2.24) is 5.32 Å². The first-order valence-electron chi connectivity index (χ1n) is 5.66. The summed E-state index contributed by atoms with van der Waals surface area (Å²) in [7, 11) is 1.71. The van der Waals surface area contributed by atoms with Crippen LogP contribution in [-0.2, 0) is 0 Å². The minimum Gasteiger partial charge on any atom is -0.484 e. The van der Waals surface area contributed by atoms with Gasteiger partial charge < -0.3 is 15.2 Å². The van der Waals surface area contributed by atoms with Crippen molar-refractivity contribution in [2.75, 3.05) is 20.2 Å². The van der Waals surface area contributed by atoms with E-state index < -0.39 is 11.0 Å². The second-order valence-corrected chi connectivity index (χ2v) is 4.21. The molecule has 0 saturated heterocycles. The Kier molecular flexibility index (Phi) is 5.06. The fourth-order valence-corrected chi connectivity index (χ4v) is 1.73. The van der Waals surface area contributed by atoms with E-state index in [2.05, 4.69) is 5.32 Å². The number of benzene rings is 1. The SMILES string of the molecule is CNCC(O)COc1c(C)cc(C)cc1[N+](=O)[O-]. The molecule has 0 spiro atoms. The zero-order valence-electron chi connectivity index (χ0n) is 10.8. The van der Waals surface area contributed by atoms with E-state index in [1.807, 2.05) is 6.07 Å². The number of likely N-dealkylation sites (N-methyl/N-ethyl adjacent to an activating group) is 1. The Balaban J connectivity index is 2.90. The summed E-state index contributed by atoms with van der Waals surface area (Å²) in [6.45, 7) is 3.93. The van der Waals surface area contributed by atoms with Gasteiger partial charge in [0.15, 0.2) is 5.75 Å². The van der Waals surface area contributed by atoms with Gasteiger partial charge >= 0.3 is 5.69 Å². The molecule has 6 nitrogen and oxygen atoms in total. The lowest BCUT2D eigenvalue weighted by Gasteiger charge is -2.14. The van der Waals surface area contributed by atoms with Crippen molar-refractivity contribution >= 4 is 5.69 Å². The van der Waals surface area contributed by atoms with E-state index in [0.29, 0.717) is 12.1 Å². The Hall–Kier alpha value is -1.66. The highest BCUT2D eigenvalue weighted by Crippen LogP contribution is 2.32. The molecule has 1 unspecified atom stereocenters. The standard InChI is InChI=1S/C12H18N2O4/c1-8-4-9(2)12(11(5-8)14(16)17)18-7-10(15)6-13-3/h4-5,10,13,15H,6-7H2,1-3H3. The first-order chi connectivity index (χ1) is 8.45. The lowest BCUT2D eigenvalue weighted by Crippen LogP contribution is -2.29. The number of aliphatic hydroxyl groups excluding tert-OH is 1. The van der Waals surface area contributed by atoms with Crippen LogP contribution in [0.2, 0.25) is 0 Å². The molecule has 1 atom stereocenters. The van der Waals surface area contributed by atoms with E-state index in [-0.39, 0.29) is 18.0 Å². The third-order valence-electron chi connectivity index (χ3n) is 2.46. The molecule has 1 rings (SSSR count). The van der Waals surface area contributed by atoms with E-state index in [0.717, 1.165) is 5.56 Å². The number of nitrogens with one attached hydrogen (secondary N) is 1. The molecule has 1 aromatic carbocycles. The van der Waals surface area contributed by atoms with Gasteiger partial charge in [-0.2, -0.15) is 0 Å². The van der Waals surface area contributed by atoms with Crippen molar-refractivity contribution in [3.05, 3.63) is 33.4 Å². The summed E-state index contributed by atoms with van der Waals surface area (Å²) in [6, 6.07) is 3.28. The van der Waals surface area contributed by atoms with Crippen molar-refractivity contribution < 1.29 is 14.8 Å². The number of nitrogens with zero attached hydrogens (tertiary/aromatic N) is 1. The van der Waals surface area contributed by atoms with E-state index in [4.69, 9.17) is 4.74 Å². The highest BCUT2D eigenvalue weighted by atomic mass is 16.6. The number of aryl methyl sites for hydroxylation is 2. The van der Waals surface area contributed by atoms with Gasteiger partial charge in [-0.05, 0) is 32.0 Å². The molecule has 0 aliphatic rings. The molecule has 1 aromatic rings. The molecule has 0 fully saturated rings. The van der Waals surface area contributed by atoms with Crippen molar-refractivity contribution in [1.29, 1.82) is 0 Å². The Morgan fingerprint density at radius 2 is 2.17 bits per heavy atom. The van der Waals surface area contributed by atoms with E-state index >= 15 is 0 Å². The molecular formula is C12H18N2O4. The van der Waals surface area contributed by atoms with E-state index in [9.17, 15) is 15.2 Å². The van der Waals surface area contributed by atoms with Crippen LogP contribution in [0, 0.1) is 24.0 Å². The second kappa shape index (κ2) is 6.32. The predicted molar refractivity (Wildman–Crippen MR) is 68.0 cm³/mol. The topological polar surface area (TPSA) is 84.6 Å². The first-order valence-corrected chi connectivity index (χ1v) is 5.66. The lowest BCUT2D eigenvalue weighted by atomic mass is 10.1. The number of hydrogen-bond donors (Lipinski definition) is 2. The monoisotopic (exact) mass is 254 g/mol. The number of nitro benzene ring substituents is 1. The van der Waals surface area contributed by atoms with Crippen LogP contribution < -0.4 is 10.1 Å². The molecule has 0 heterocycles. The lowest BCUT2D eigenvalue weighted by molar-refractivity contribution is -0.386. The van der Waals surface area contributed by atoms with E-state index in [1.165, 1.54) is 6.07 Å². The molecule has 100 valence electrons.